The van der Waals surface area contributed by atoms with Crippen LogP contribution in [-0.2, 0) is 0 Å². The molecule has 84 valence electrons. The van der Waals surface area contributed by atoms with Crippen molar-refractivity contribution in [3.63, 3.8) is 0 Å². The molecule has 0 aliphatic carbocycles. The van der Waals surface area contributed by atoms with Crippen molar-refractivity contribution in [2.75, 3.05) is 19.6 Å². The second kappa shape index (κ2) is 4.63. The summed E-state index contributed by atoms with van der Waals surface area (Å²) < 4.78 is 0. The lowest BCUT2D eigenvalue weighted by Gasteiger charge is -2.46. The van der Waals surface area contributed by atoms with E-state index in [-0.39, 0.29) is 0 Å². The fourth-order valence-electron chi connectivity index (χ4n) is 2.38. The Kier molecular flexibility index (Phi) is 3.96. The molecule has 0 spiro atoms. The van der Waals surface area contributed by atoms with Gasteiger partial charge in [0.15, 0.2) is 0 Å². The minimum Gasteiger partial charge on any atom is -0.309 e. The van der Waals surface area contributed by atoms with Gasteiger partial charge < -0.3 is 5.32 Å². The summed E-state index contributed by atoms with van der Waals surface area (Å²) in [5.41, 5.74) is 0.292. The van der Waals surface area contributed by atoms with Crippen molar-refractivity contribution in [1.29, 1.82) is 0 Å². The van der Waals surface area contributed by atoms with E-state index in [1.54, 1.807) is 0 Å². The first-order chi connectivity index (χ1) is 6.46. The van der Waals surface area contributed by atoms with Gasteiger partial charge in [-0.2, -0.15) is 0 Å². The molecule has 2 nitrogen and oxygen atoms in total. The van der Waals surface area contributed by atoms with Crippen molar-refractivity contribution in [3.05, 3.63) is 0 Å². The highest BCUT2D eigenvalue weighted by molar-refractivity contribution is 4.92. The van der Waals surface area contributed by atoms with Crippen LogP contribution in [0.3, 0.4) is 0 Å². The quantitative estimate of drug-likeness (QED) is 0.747. The average Bonchev–Trinajstić information content (AvgIpc) is 2.02. The standard InChI is InChI=1S/C12H26N2/c1-6-7-14-9-12(4,5)13-8-11(14)10(2)3/h10-11,13H,6-9H2,1-5H3. The highest BCUT2D eigenvalue weighted by atomic mass is 15.2. The van der Waals surface area contributed by atoms with Crippen LogP contribution in [0.4, 0.5) is 0 Å². The van der Waals surface area contributed by atoms with Crippen LogP contribution in [-0.4, -0.2) is 36.1 Å². The van der Waals surface area contributed by atoms with Gasteiger partial charge in [0.1, 0.15) is 0 Å². The highest BCUT2D eigenvalue weighted by Gasteiger charge is 2.32. The van der Waals surface area contributed by atoms with E-state index in [1.165, 1.54) is 19.5 Å². The summed E-state index contributed by atoms with van der Waals surface area (Å²) in [7, 11) is 0. The summed E-state index contributed by atoms with van der Waals surface area (Å²) in [6, 6.07) is 0.725. The third-order valence-corrected chi connectivity index (χ3v) is 3.14. The van der Waals surface area contributed by atoms with Gasteiger partial charge in [-0.25, -0.2) is 0 Å². The number of hydrogen-bond acceptors (Lipinski definition) is 2. The van der Waals surface area contributed by atoms with Gasteiger partial charge in [0, 0.05) is 24.7 Å². The van der Waals surface area contributed by atoms with E-state index in [4.69, 9.17) is 0 Å². The summed E-state index contributed by atoms with van der Waals surface area (Å²) in [4.78, 5) is 2.65. The SMILES string of the molecule is CCCN1CC(C)(C)NCC1C(C)C. The molecule has 0 radical (unpaired) electrons. The van der Waals surface area contributed by atoms with Gasteiger partial charge in [-0.1, -0.05) is 20.8 Å². The molecule has 1 N–H and O–H groups in total. The van der Waals surface area contributed by atoms with Gasteiger partial charge in [-0.3, -0.25) is 4.90 Å². The first-order valence-electron chi connectivity index (χ1n) is 5.95. The zero-order chi connectivity index (χ0) is 10.8. The Bertz CT molecular complexity index is 175. The van der Waals surface area contributed by atoms with Crippen molar-refractivity contribution in [3.8, 4) is 0 Å². The molecular formula is C12H26N2. The van der Waals surface area contributed by atoms with E-state index in [9.17, 15) is 0 Å². The molecule has 2 heteroatoms. The number of piperazine rings is 1. The lowest BCUT2D eigenvalue weighted by atomic mass is 9.93. The van der Waals surface area contributed by atoms with Crippen LogP contribution in [0.2, 0.25) is 0 Å². The summed E-state index contributed by atoms with van der Waals surface area (Å²) >= 11 is 0. The van der Waals surface area contributed by atoms with Crippen molar-refractivity contribution >= 4 is 0 Å². The summed E-state index contributed by atoms with van der Waals surface area (Å²) in [6.07, 6.45) is 1.26. The van der Waals surface area contributed by atoms with Gasteiger partial charge in [0.05, 0.1) is 0 Å². The maximum Gasteiger partial charge on any atom is 0.0252 e. The summed E-state index contributed by atoms with van der Waals surface area (Å²) in [6.45, 7) is 15.1. The van der Waals surface area contributed by atoms with E-state index < -0.39 is 0 Å². The fourth-order valence-corrected chi connectivity index (χ4v) is 2.38. The Hall–Kier alpha value is -0.0800. The Morgan fingerprint density at radius 3 is 2.57 bits per heavy atom. The maximum absolute atomic E-state index is 3.64. The van der Waals surface area contributed by atoms with Crippen LogP contribution < -0.4 is 5.32 Å². The Morgan fingerprint density at radius 2 is 2.07 bits per heavy atom. The highest BCUT2D eigenvalue weighted by Crippen LogP contribution is 2.20. The topological polar surface area (TPSA) is 15.3 Å². The van der Waals surface area contributed by atoms with Crippen molar-refractivity contribution in [2.24, 2.45) is 5.92 Å². The molecule has 1 rings (SSSR count). The average molecular weight is 198 g/mol. The van der Waals surface area contributed by atoms with Crippen LogP contribution in [0.15, 0.2) is 0 Å². The summed E-state index contributed by atoms with van der Waals surface area (Å²) in [5, 5.41) is 3.64. The van der Waals surface area contributed by atoms with Crippen LogP contribution >= 0.6 is 0 Å². The number of rotatable bonds is 3. The molecule has 0 saturated carbocycles. The maximum atomic E-state index is 3.64. The van der Waals surface area contributed by atoms with E-state index in [0.29, 0.717) is 5.54 Å². The first-order valence-corrected chi connectivity index (χ1v) is 5.95. The van der Waals surface area contributed by atoms with Gasteiger partial charge >= 0.3 is 0 Å². The molecule has 0 bridgehead atoms. The molecule has 1 fully saturated rings. The summed E-state index contributed by atoms with van der Waals surface area (Å²) in [5.74, 6) is 0.755. The third-order valence-electron chi connectivity index (χ3n) is 3.14. The number of nitrogens with one attached hydrogen (secondary N) is 1. The normalized spacial score (nSPS) is 28.3. The molecule has 1 atom stereocenters. The predicted octanol–water partition coefficient (Wildman–Crippen LogP) is 2.10. The minimum absolute atomic E-state index is 0.292. The Morgan fingerprint density at radius 1 is 1.43 bits per heavy atom. The third kappa shape index (κ3) is 2.96. The van der Waals surface area contributed by atoms with Gasteiger partial charge in [0.25, 0.3) is 0 Å². The number of hydrogen-bond donors (Lipinski definition) is 1. The van der Waals surface area contributed by atoms with Crippen LogP contribution in [0.25, 0.3) is 0 Å². The predicted molar refractivity (Wildman–Crippen MR) is 62.6 cm³/mol. The van der Waals surface area contributed by atoms with E-state index in [2.05, 4.69) is 44.8 Å². The first kappa shape index (κ1) is 12.0. The van der Waals surface area contributed by atoms with Gasteiger partial charge in [-0.15, -0.1) is 0 Å². The molecule has 1 unspecified atom stereocenters. The molecule has 0 amide bonds. The molecule has 1 heterocycles. The molecule has 14 heavy (non-hydrogen) atoms. The fraction of sp³-hybridized carbons (Fsp3) is 1.00. The second-order valence-corrected chi connectivity index (χ2v) is 5.55. The van der Waals surface area contributed by atoms with E-state index in [1.807, 2.05) is 0 Å². The van der Waals surface area contributed by atoms with Crippen molar-refractivity contribution in [2.45, 2.75) is 52.6 Å². The molecule has 0 aromatic rings. The molecule has 1 aliphatic rings. The lowest BCUT2D eigenvalue weighted by molar-refractivity contribution is 0.0696. The Labute approximate surface area is 89.1 Å². The smallest absolute Gasteiger partial charge is 0.0252 e. The molecular weight excluding hydrogens is 172 g/mol. The minimum atomic E-state index is 0.292. The Balaban J connectivity index is 2.60. The van der Waals surface area contributed by atoms with Gasteiger partial charge in [-0.05, 0) is 32.7 Å². The van der Waals surface area contributed by atoms with Crippen LogP contribution in [0.1, 0.15) is 41.0 Å². The largest absolute Gasteiger partial charge is 0.309 e. The van der Waals surface area contributed by atoms with Crippen molar-refractivity contribution in [1.82, 2.24) is 10.2 Å². The van der Waals surface area contributed by atoms with Crippen molar-refractivity contribution < 1.29 is 0 Å². The zero-order valence-electron chi connectivity index (χ0n) is 10.4. The molecule has 1 aliphatic heterocycles. The van der Waals surface area contributed by atoms with Crippen LogP contribution in [0, 0.1) is 5.92 Å². The second-order valence-electron chi connectivity index (χ2n) is 5.55. The van der Waals surface area contributed by atoms with Gasteiger partial charge in [0.2, 0.25) is 0 Å². The zero-order valence-corrected chi connectivity index (χ0v) is 10.4. The van der Waals surface area contributed by atoms with Crippen LogP contribution in [0.5, 0.6) is 0 Å². The number of nitrogens with zero attached hydrogens (tertiary/aromatic N) is 1. The molecule has 1 saturated heterocycles. The molecule has 0 aromatic carbocycles. The lowest BCUT2D eigenvalue weighted by Crippen LogP contribution is -2.62. The van der Waals surface area contributed by atoms with E-state index >= 15 is 0 Å². The molecule has 0 aromatic heterocycles. The monoisotopic (exact) mass is 198 g/mol. The van der Waals surface area contributed by atoms with E-state index in [0.717, 1.165) is 18.5 Å².